The lowest BCUT2D eigenvalue weighted by molar-refractivity contribution is -0.130. The third-order valence-corrected chi connectivity index (χ3v) is 2.78. The number of hydrogen-bond acceptors (Lipinski definition) is 4. The van der Waals surface area contributed by atoms with Crippen LogP contribution in [0.25, 0.3) is 0 Å². The van der Waals surface area contributed by atoms with E-state index in [1.807, 2.05) is 0 Å². The number of aliphatic hydroxyl groups is 1. The first-order valence-corrected chi connectivity index (χ1v) is 6.07. The molecule has 0 unspecified atom stereocenters. The molecule has 17 heavy (non-hydrogen) atoms. The van der Waals surface area contributed by atoms with Gasteiger partial charge in [0.15, 0.2) is 0 Å². The van der Waals surface area contributed by atoms with Gasteiger partial charge in [-0.05, 0) is 38.1 Å². The van der Waals surface area contributed by atoms with E-state index in [4.69, 9.17) is 0 Å². The molecule has 1 aromatic rings. The second-order valence-electron chi connectivity index (χ2n) is 3.98. The minimum atomic E-state index is -4.74. The second kappa shape index (κ2) is 4.42. The molecule has 0 aliphatic rings. The minimum absolute atomic E-state index is 0.268. The molecule has 0 bridgehead atoms. The van der Waals surface area contributed by atoms with Gasteiger partial charge in [-0.25, -0.2) is 0 Å². The van der Waals surface area contributed by atoms with Gasteiger partial charge in [0.25, 0.3) is 5.91 Å². The summed E-state index contributed by atoms with van der Waals surface area (Å²) in [7, 11) is -4.74. The number of amides is 1. The zero-order valence-corrected chi connectivity index (χ0v) is 10.1. The molecule has 2 N–H and O–H groups in total. The highest BCUT2D eigenvalue weighted by molar-refractivity contribution is 7.86. The highest BCUT2D eigenvalue weighted by atomic mass is 32.3. The highest BCUT2D eigenvalue weighted by Crippen LogP contribution is 2.16. The smallest absolute Gasteiger partial charge is 0.332 e. The van der Waals surface area contributed by atoms with E-state index in [0.717, 1.165) is 12.1 Å². The number of benzene rings is 1. The topological polar surface area (TPSA) is 83.5 Å². The molecular weight excluding hydrogens is 249 g/mol. The first-order valence-electron chi connectivity index (χ1n) is 4.69. The normalized spacial score (nSPS) is 12.2. The summed E-state index contributed by atoms with van der Waals surface area (Å²) in [4.78, 5) is 10.9. The summed E-state index contributed by atoms with van der Waals surface area (Å²) >= 11 is 0. The van der Waals surface area contributed by atoms with Crippen molar-refractivity contribution in [3.8, 4) is 0 Å². The van der Waals surface area contributed by atoms with Crippen molar-refractivity contribution < 1.29 is 22.2 Å². The fourth-order valence-electron chi connectivity index (χ4n) is 0.985. The Labute approximate surface area is 98.5 Å². The monoisotopic (exact) mass is 261 g/mol. The van der Waals surface area contributed by atoms with Gasteiger partial charge in [-0.1, -0.05) is 0 Å². The molecule has 0 aliphatic heterocycles. The predicted molar refractivity (Wildman–Crippen MR) is 59.7 cm³/mol. The molecule has 94 valence electrons. The van der Waals surface area contributed by atoms with Crippen molar-refractivity contribution in [3.05, 3.63) is 24.3 Å². The van der Waals surface area contributed by atoms with Crippen LogP contribution in [0.15, 0.2) is 29.2 Å². The Balaban J connectivity index is 2.87. The number of carbonyl (C=O) groups is 1. The Morgan fingerprint density at radius 3 is 2.12 bits per heavy atom. The molecule has 0 fully saturated rings. The van der Waals surface area contributed by atoms with Crippen LogP contribution in [0.5, 0.6) is 0 Å². The molecule has 0 aromatic heterocycles. The Morgan fingerprint density at radius 1 is 1.29 bits per heavy atom. The van der Waals surface area contributed by atoms with Crippen molar-refractivity contribution in [1.29, 1.82) is 0 Å². The summed E-state index contributed by atoms with van der Waals surface area (Å²) < 4.78 is 33.6. The van der Waals surface area contributed by atoms with Crippen LogP contribution in [0.2, 0.25) is 0 Å². The number of nitrogens with one attached hydrogen (secondary N) is 1. The molecule has 0 heterocycles. The number of rotatable bonds is 3. The van der Waals surface area contributed by atoms with E-state index < -0.39 is 26.6 Å². The maximum absolute atomic E-state index is 12.5. The van der Waals surface area contributed by atoms with Crippen molar-refractivity contribution in [2.24, 2.45) is 0 Å². The van der Waals surface area contributed by atoms with E-state index in [1.165, 1.54) is 26.0 Å². The number of anilines is 1. The van der Waals surface area contributed by atoms with Gasteiger partial charge in [0, 0.05) is 5.69 Å². The lowest BCUT2D eigenvalue weighted by Crippen LogP contribution is -2.36. The van der Waals surface area contributed by atoms with Gasteiger partial charge in [-0.2, -0.15) is 8.42 Å². The Morgan fingerprint density at radius 2 is 1.76 bits per heavy atom. The predicted octanol–water partition coefficient (Wildman–Crippen LogP) is 1.05. The fourth-order valence-corrected chi connectivity index (χ4v) is 1.45. The first kappa shape index (κ1) is 13.6. The van der Waals surface area contributed by atoms with E-state index in [-0.39, 0.29) is 5.69 Å². The summed E-state index contributed by atoms with van der Waals surface area (Å²) in [5.74, 6) is -0.645. The highest BCUT2D eigenvalue weighted by Gasteiger charge is 2.23. The molecule has 0 saturated carbocycles. The molecule has 0 saturated heterocycles. The van der Waals surface area contributed by atoms with Crippen molar-refractivity contribution in [2.45, 2.75) is 24.3 Å². The van der Waals surface area contributed by atoms with Gasteiger partial charge < -0.3 is 10.4 Å². The molecule has 0 aliphatic carbocycles. The fraction of sp³-hybridized carbons (Fsp3) is 0.300. The molecule has 1 aromatic carbocycles. The van der Waals surface area contributed by atoms with Crippen LogP contribution >= 0.6 is 0 Å². The Bertz CT molecular complexity index is 516. The number of carbonyl (C=O) groups excluding carboxylic acids is 1. The molecule has 1 amide bonds. The first-order chi connectivity index (χ1) is 7.60. The zero-order chi connectivity index (χ0) is 13.3. The average molecular weight is 261 g/mol. The van der Waals surface area contributed by atoms with Gasteiger partial charge in [0.2, 0.25) is 0 Å². The standard InChI is InChI=1S/C10H12FNO4S/c1-10(2,14)9(13)12-7-3-5-8(6-4-7)17(11,15)16/h3-6,14H,1-2H3,(H,12,13). The zero-order valence-electron chi connectivity index (χ0n) is 9.27. The molecule has 1 rings (SSSR count). The van der Waals surface area contributed by atoms with Gasteiger partial charge in [-0.3, -0.25) is 4.79 Å². The maximum atomic E-state index is 12.5. The quantitative estimate of drug-likeness (QED) is 0.797. The largest absolute Gasteiger partial charge is 0.381 e. The van der Waals surface area contributed by atoms with E-state index in [1.54, 1.807) is 0 Å². The average Bonchev–Trinajstić information content (AvgIpc) is 2.15. The third-order valence-electron chi connectivity index (χ3n) is 1.95. The molecule has 7 heteroatoms. The molecule has 0 spiro atoms. The van der Waals surface area contributed by atoms with Crippen LogP contribution in [0.3, 0.4) is 0 Å². The summed E-state index contributed by atoms with van der Waals surface area (Å²) in [5, 5.41) is 11.7. The molecule has 5 nitrogen and oxygen atoms in total. The van der Waals surface area contributed by atoms with Crippen LogP contribution in [-0.4, -0.2) is 25.0 Å². The molecule has 0 atom stereocenters. The van der Waals surface area contributed by atoms with Crippen molar-refractivity contribution in [1.82, 2.24) is 0 Å². The van der Waals surface area contributed by atoms with E-state index in [0.29, 0.717) is 0 Å². The van der Waals surface area contributed by atoms with Crippen LogP contribution in [0.4, 0.5) is 9.57 Å². The van der Waals surface area contributed by atoms with E-state index in [2.05, 4.69) is 5.32 Å². The van der Waals surface area contributed by atoms with Crippen LogP contribution in [-0.2, 0) is 15.0 Å². The Hall–Kier alpha value is -1.47. The van der Waals surface area contributed by atoms with Gasteiger partial charge >= 0.3 is 10.2 Å². The van der Waals surface area contributed by atoms with E-state index in [9.17, 15) is 22.2 Å². The van der Waals surface area contributed by atoms with Crippen LogP contribution < -0.4 is 5.32 Å². The van der Waals surface area contributed by atoms with Crippen molar-refractivity contribution in [3.63, 3.8) is 0 Å². The SMILES string of the molecule is CC(C)(O)C(=O)Nc1ccc(S(=O)(=O)F)cc1. The van der Waals surface area contributed by atoms with Gasteiger partial charge in [0.05, 0.1) is 4.90 Å². The lowest BCUT2D eigenvalue weighted by Gasteiger charge is -2.16. The Kier molecular flexibility index (Phi) is 3.53. The summed E-state index contributed by atoms with van der Waals surface area (Å²) in [6.07, 6.45) is 0. The summed E-state index contributed by atoms with van der Waals surface area (Å²) in [6, 6.07) is 4.51. The summed E-state index contributed by atoms with van der Waals surface area (Å²) in [5.41, 5.74) is -1.28. The molecular formula is C10H12FNO4S. The lowest BCUT2D eigenvalue weighted by atomic mass is 10.1. The number of hydrogen-bond donors (Lipinski definition) is 2. The van der Waals surface area contributed by atoms with Crippen LogP contribution in [0.1, 0.15) is 13.8 Å². The second-order valence-corrected chi connectivity index (χ2v) is 5.32. The minimum Gasteiger partial charge on any atom is -0.381 e. The van der Waals surface area contributed by atoms with Crippen molar-refractivity contribution in [2.75, 3.05) is 5.32 Å². The van der Waals surface area contributed by atoms with E-state index >= 15 is 0 Å². The van der Waals surface area contributed by atoms with Gasteiger partial charge in [0.1, 0.15) is 5.60 Å². The number of halogens is 1. The van der Waals surface area contributed by atoms with Crippen LogP contribution in [0, 0.1) is 0 Å². The van der Waals surface area contributed by atoms with Gasteiger partial charge in [-0.15, -0.1) is 3.89 Å². The van der Waals surface area contributed by atoms with Crippen molar-refractivity contribution >= 4 is 21.8 Å². The molecule has 0 radical (unpaired) electrons. The summed E-state index contributed by atoms with van der Waals surface area (Å²) in [6.45, 7) is 2.62. The maximum Gasteiger partial charge on any atom is 0.332 e. The third kappa shape index (κ3) is 3.79.